The van der Waals surface area contributed by atoms with Crippen molar-refractivity contribution in [2.75, 3.05) is 31.1 Å². The molecule has 164 valence electrons. The Bertz CT molecular complexity index is 1130. The zero-order chi connectivity index (χ0) is 21.5. The molecule has 0 spiro atoms. The van der Waals surface area contributed by atoms with Gasteiger partial charge >= 0.3 is 0 Å². The van der Waals surface area contributed by atoms with Gasteiger partial charge in [-0.1, -0.05) is 48.5 Å². The van der Waals surface area contributed by atoms with Gasteiger partial charge in [0.25, 0.3) is 5.91 Å². The first-order chi connectivity index (χ1) is 15.7. The lowest BCUT2D eigenvalue weighted by Gasteiger charge is -2.36. The van der Waals surface area contributed by atoms with E-state index in [1.807, 2.05) is 30.3 Å². The van der Waals surface area contributed by atoms with Gasteiger partial charge in [-0.05, 0) is 30.5 Å². The van der Waals surface area contributed by atoms with Crippen LogP contribution in [-0.4, -0.2) is 60.2 Å². The number of ether oxygens (including phenoxy) is 1. The molecule has 32 heavy (non-hydrogen) atoms. The van der Waals surface area contributed by atoms with Crippen molar-refractivity contribution in [3.63, 3.8) is 0 Å². The first kappa shape index (κ1) is 19.7. The third kappa shape index (κ3) is 3.85. The fourth-order valence-corrected chi connectivity index (χ4v) is 4.96. The summed E-state index contributed by atoms with van der Waals surface area (Å²) in [4.78, 5) is 22.7. The van der Waals surface area contributed by atoms with Crippen molar-refractivity contribution in [3.05, 3.63) is 71.8 Å². The molecule has 3 aliphatic rings. The van der Waals surface area contributed by atoms with E-state index in [2.05, 4.69) is 45.4 Å². The molecule has 1 saturated carbocycles. The molecule has 3 aromatic rings. The predicted octanol–water partition coefficient (Wildman–Crippen LogP) is 3.22. The van der Waals surface area contributed by atoms with Crippen LogP contribution in [0, 0.1) is 0 Å². The van der Waals surface area contributed by atoms with Gasteiger partial charge in [-0.25, -0.2) is 4.98 Å². The number of anilines is 1. The topological polar surface area (TPSA) is 57.7 Å². The van der Waals surface area contributed by atoms with Gasteiger partial charge in [0.1, 0.15) is 5.82 Å². The van der Waals surface area contributed by atoms with Crippen LogP contribution in [-0.2, 0) is 11.3 Å². The zero-order valence-corrected chi connectivity index (χ0v) is 18.1. The molecule has 2 unspecified atom stereocenters. The highest BCUT2D eigenvalue weighted by molar-refractivity contribution is 6.07. The number of amides is 1. The molecular weight excluding hydrogens is 400 g/mol. The van der Waals surface area contributed by atoms with Crippen molar-refractivity contribution in [1.29, 1.82) is 0 Å². The van der Waals surface area contributed by atoms with Gasteiger partial charge in [-0.15, -0.1) is 0 Å². The third-order valence-electron chi connectivity index (χ3n) is 6.83. The lowest BCUT2D eigenvalue weighted by Crippen LogP contribution is -2.50. The van der Waals surface area contributed by atoms with Crippen molar-refractivity contribution >= 4 is 22.6 Å². The van der Waals surface area contributed by atoms with Crippen molar-refractivity contribution in [1.82, 2.24) is 15.2 Å². The van der Waals surface area contributed by atoms with E-state index in [1.54, 1.807) is 0 Å². The lowest BCUT2D eigenvalue weighted by molar-refractivity contribution is -0.0499. The average Bonchev–Trinajstić information content (AvgIpc) is 3.53. The Balaban J connectivity index is 1.28. The highest BCUT2D eigenvalue weighted by atomic mass is 16.5. The van der Waals surface area contributed by atoms with Crippen LogP contribution in [0.2, 0.25) is 0 Å². The van der Waals surface area contributed by atoms with Crippen LogP contribution in [0.15, 0.2) is 60.7 Å². The number of carbonyl (C=O) groups is 1. The number of hydrogen-bond acceptors (Lipinski definition) is 5. The summed E-state index contributed by atoms with van der Waals surface area (Å²) in [5.74, 6) is 0.869. The summed E-state index contributed by atoms with van der Waals surface area (Å²) in [6, 6.07) is 21.2. The number of morpholine rings is 1. The molecule has 3 heterocycles. The number of carbonyl (C=O) groups excluding carboxylic acids is 1. The molecule has 6 rings (SSSR count). The largest absolute Gasteiger partial charge is 0.373 e. The second kappa shape index (κ2) is 8.19. The van der Waals surface area contributed by atoms with Crippen LogP contribution in [0.25, 0.3) is 10.9 Å². The molecule has 0 radical (unpaired) electrons. The molecule has 6 heteroatoms. The minimum Gasteiger partial charge on any atom is -0.373 e. The van der Waals surface area contributed by atoms with Crippen molar-refractivity contribution in [3.8, 4) is 0 Å². The minimum absolute atomic E-state index is 0.00548. The molecule has 1 aromatic heterocycles. The number of aromatic nitrogens is 1. The molecule has 1 N–H and O–H groups in total. The zero-order valence-electron chi connectivity index (χ0n) is 18.1. The van der Waals surface area contributed by atoms with E-state index in [9.17, 15) is 4.79 Å². The molecule has 0 bridgehead atoms. The third-order valence-corrected chi connectivity index (χ3v) is 6.83. The molecule has 2 aromatic carbocycles. The average molecular weight is 429 g/mol. The van der Waals surface area contributed by atoms with Crippen molar-refractivity contribution < 1.29 is 9.53 Å². The number of fused-ring (bicyclic) bond motifs is 2. The van der Waals surface area contributed by atoms with Gasteiger partial charge in [0.2, 0.25) is 0 Å². The summed E-state index contributed by atoms with van der Waals surface area (Å²) in [6.07, 6.45) is 2.31. The van der Waals surface area contributed by atoms with Crippen LogP contribution in [0.1, 0.15) is 28.8 Å². The van der Waals surface area contributed by atoms with E-state index in [0.29, 0.717) is 12.1 Å². The number of pyridine rings is 1. The molecule has 2 saturated heterocycles. The van der Waals surface area contributed by atoms with Gasteiger partial charge in [-0.3, -0.25) is 9.69 Å². The smallest absolute Gasteiger partial charge is 0.252 e. The van der Waals surface area contributed by atoms with Crippen LogP contribution in [0.4, 0.5) is 5.82 Å². The number of hydrogen-bond donors (Lipinski definition) is 1. The summed E-state index contributed by atoms with van der Waals surface area (Å²) in [5.41, 5.74) is 2.91. The Labute approximate surface area is 188 Å². The Morgan fingerprint density at radius 3 is 2.72 bits per heavy atom. The van der Waals surface area contributed by atoms with Gasteiger partial charge in [0.15, 0.2) is 0 Å². The van der Waals surface area contributed by atoms with E-state index in [4.69, 9.17) is 9.72 Å². The maximum atomic E-state index is 13.0. The molecular formula is C26H28N4O2. The fraction of sp³-hybridized carbons (Fsp3) is 0.385. The fourth-order valence-electron chi connectivity index (χ4n) is 4.96. The molecule has 1 amide bonds. The molecule has 1 aliphatic carbocycles. The maximum Gasteiger partial charge on any atom is 0.252 e. The maximum absolute atomic E-state index is 13.0. The van der Waals surface area contributed by atoms with E-state index >= 15 is 0 Å². The molecule has 6 nitrogen and oxygen atoms in total. The number of nitrogens with one attached hydrogen (secondary N) is 1. The van der Waals surface area contributed by atoms with E-state index in [0.717, 1.165) is 67.9 Å². The Kier molecular flexibility index (Phi) is 5.04. The quantitative estimate of drug-likeness (QED) is 0.676. The van der Waals surface area contributed by atoms with E-state index in [1.165, 1.54) is 5.56 Å². The van der Waals surface area contributed by atoms with E-state index in [-0.39, 0.29) is 12.0 Å². The lowest BCUT2D eigenvalue weighted by atomic mass is 10.1. The van der Waals surface area contributed by atoms with Gasteiger partial charge < -0.3 is 15.0 Å². The Morgan fingerprint density at radius 1 is 1.06 bits per heavy atom. The van der Waals surface area contributed by atoms with Crippen molar-refractivity contribution in [2.45, 2.75) is 37.6 Å². The van der Waals surface area contributed by atoms with Crippen LogP contribution in [0.5, 0.6) is 0 Å². The van der Waals surface area contributed by atoms with Crippen LogP contribution < -0.4 is 10.2 Å². The first-order valence-corrected chi connectivity index (χ1v) is 11.6. The molecule has 2 aliphatic heterocycles. The normalized spacial score (nSPS) is 23.3. The second-order valence-electron chi connectivity index (χ2n) is 9.13. The number of benzene rings is 2. The number of nitrogens with zero attached hydrogens (tertiary/aromatic N) is 3. The number of para-hydroxylation sites is 1. The van der Waals surface area contributed by atoms with Crippen molar-refractivity contribution in [2.24, 2.45) is 0 Å². The summed E-state index contributed by atoms with van der Waals surface area (Å²) >= 11 is 0. The monoisotopic (exact) mass is 428 g/mol. The SMILES string of the molecule is O=C(NC1CC1)c1cc(N2CC3OCCN(Cc4ccccc4)C3C2)nc2ccccc12. The summed E-state index contributed by atoms with van der Waals surface area (Å²) in [5, 5.41) is 4.06. The summed E-state index contributed by atoms with van der Waals surface area (Å²) in [7, 11) is 0. The van der Waals surface area contributed by atoms with Crippen LogP contribution in [0.3, 0.4) is 0 Å². The predicted molar refractivity (Wildman–Crippen MR) is 125 cm³/mol. The van der Waals surface area contributed by atoms with Gasteiger partial charge in [0, 0.05) is 37.6 Å². The van der Waals surface area contributed by atoms with E-state index < -0.39 is 0 Å². The minimum atomic E-state index is 0.00548. The highest BCUT2D eigenvalue weighted by Crippen LogP contribution is 2.31. The second-order valence-corrected chi connectivity index (χ2v) is 9.13. The van der Waals surface area contributed by atoms with Gasteiger partial charge in [-0.2, -0.15) is 0 Å². The highest BCUT2D eigenvalue weighted by Gasteiger charge is 2.40. The number of rotatable bonds is 5. The van der Waals surface area contributed by atoms with Gasteiger partial charge in [0.05, 0.1) is 29.8 Å². The van der Waals surface area contributed by atoms with Crippen LogP contribution >= 0.6 is 0 Å². The Hall–Kier alpha value is -2.96. The standard InChI is InChI=1S/C26H28N4O2/c31-26(27-19-10-11-19)21-14-25(28-22-9-5-4-8-20(21)22)30-16-23-24(17-30)32-13-12-29(23)15-18-6-2-1-3-7-18/h1-9,14,19,23-24H,10-13,15-17H2,(H,27,31). The summed E-state index contributed by atoms with van der Waals surface area (Å²) in [6.45, 7) is 4.27. The summed E-state index contributed by atoms with van der Waals surface area (Å²) < 4.78 is 6.16. The Morgan fingerprint density at radius 2 is 1.88 bits per heavy atom. The molecule has 2 atom stereocenters. The first-order valence-electron chi connectivity index (χ1n) is 11.6. The molecule has 3 fully saturated rings.